The van der Waals surface area contributed by atoms with Crippen LogP contribution in [-0.2, 0) is 4.79 Å². The van der Waals surface area contributed by atoms with Crippen LogP contribution >= 0.6 is 0 Å². The smallest absolute Gasteiger partial charge is 0.149 e. The Morgan fingerprint density at radius 2 is 2.36 bits per heavy atom. The van der Waals surface area contributed by atoms with Crippen LogP contribution in [0.3, 0.4) is 0 Å². The molecule has 0 aliphatic carbocycles. The van der Waals surface area contributed by atoms with E-state index in [1.165, 1.54) is 0 Å². The zero-order valence-corrected chi connectivity index (χ0v) is 7.36. The Morgan fingerprint density at radius 1 is 1.50 bits per heavy atom. The average molecular weight is 185 g/mol. The molecule has 0 saturated carbocycles. The number of benzene rings is 1. The van der Waals surface area contributed by atoms with Gasteiger partial charge in [-0.1, -0.05) is 0 Å². The molecule has 0 amide bonds. The normalized spacial score (nSPS) is 13.2. The molecule has 0 unspecified atom stereocenters. The molecule has 0 aromatic heterocycles. The second-order valence-corrected chi connectivity index (χ2v) is 2.99. The van der Waals surface area contributed by atoms with E-state index in [4.69, 9.17) is 10.00 Å². The van der Waals surface area contributed by atoms with Crippen molar-refractivity contribution in [1.82, 2.24) is 0 Å². The summed E-state index contributed by atoms with van der Waals surface area (Å²) in [5.74, 6) is 0.717. The number of nitrogens with zero attached hydrogens (tertiary/aromatic N) is 1. The van der Waals surface area contributed by atoms with Crippen LogP contribution in [0.15, 0.2) is 23.8 Å². The lowest BCUT2D eigenvalue weighted by Gasteiger charge is -2.14. The zero-order valence-electron chi connectivity index (χ0n) is 7.36. The summed E-state index contributed by atoms with van der Waals surface area (Å²) in [5, 5.41) is 8.68. The standard InChI is InChI=1S/C11H7NO2/c12-5-8-1-2-11-10(3-8)4-9(6-13)7-14-11/h1-4,6H,7H2. The third kappa shape index (κ3) is 1.38. The number of fused-ring (bicyclic) bond motifs is 1. The third-order valence-corrected chi connectivity index (χ3v) is 2.03. The first kappa shape index (κ1) is 8.52. The van der Waals surface area contributed by atoms with Crippen molar-refractivity contribution >= 4 is 12.4 Å². The minimum Gasteiger partial charge on any atom is -0.488 e. The van der Waals surface area contributed by atoms with E-state index >= 15 is 0 Å². The second kappa shape index (κ2) is 3.35. The molecule has 0 saturated heterocycles. The summed E-state index contributed by atoms with van der Waals surface area (Å²) >= 11 is 0. The number of carbonyl (C=O) groups is 1. The SMILES string of the molecule is N#Cc1ccc2c(c1)C=C(C=O)CO2. The first-order valence-corrected chi connectivity index (χ1v) is 4.16. The van der Waals surface area contributed by atoms with E-state index in [1.807, 2.05) is 6.07 Å². The number of hydrogen-bond donors (Lipinski definition) is 0. The monoisotopic (exact) mass is 185 g/mol. The van der Waals surface area contributed by atoms with Gasteiger partial charge in [0, 0.05) is 11.1 Å². The van der Waals surface area contributed by atoms with Crippen LogP contribution in [-0.4, -0.2) is 12.9 Å². The van der Waals surface area contributed by atoms with Gasteiger partial charge in [-0.15, -0.1) is 0 Å². The topological polar surface area (TPSA) is 50.1 Å². The van der Waals surface area contributed by atoms with Crippen molar-refractivity contribution in [2.45, 2.75) is 0 Å². The van der Waals surface area contributed by atoms with Crippen molar-refractivity contribution in [2.24, 2.45) is 0 Å². The van der Waals surface area contributed by atoms with E-state index in [9.17, 15) is 4.79 Å². The van der Waals surface area contributed by atoms with Gasteiger partial charge < -0.3 is 4.74 Å². The number of aldehydes is 1. The number of carbonyl (C=O) groups excluding carboxylic acids is 1. The van der Waals surface area contributed by atoms with Crippen LogP contribution in [0.2, 0.25) is 0 Å². The molecule has 0 N–H and O–H groups in total. The van der Waals surface area contributed by atoms with Crippen molar-refractivity contribution in [3.63, 3.8) is 0 Å². The minimum atomic E-state index is 0.308. The quantitative estimate of drug-likeness (QED) is 0.623. The number of nitriles is 1. The van der Waals surface area contributed by atoms with Gasteiger partial charge in [0.1, 0.15) is 18.6 Å². The van der Waals surface area contributed by atoms with Gasteiger partial charge >= 0.3 is 0 Å². The molecule has 3 nitrogen and oxygen atoms in total. The van der Waals surface area contributed by atoms with Gasteiger partial charge in [0.25, 0.3) is 0 Å². The minimum absolute atomic E-state index is 0.308. The summed E-state index contributed by atoms with van der Waals surface area (Å²) in [4.78, 5) is 10.5. The molecule has 0 radical (unpaired) electrons. The zero-order chi connectivity index (χ0) is 9.97. The fraction of sp³-hybridized carbons (Fsp3) is 0.0909. The Kier molecular flexibility index (Phi) is 2.04. The van der Waals surface area contributed by atoms with Gasteiger partial charge in [0.05, 0.1) is 11.6 Å². The number of rotatable bonds is 1. The van der Waals surface area contributed by atoms with Crippen molar-refractivity contribution in [1.29, 1.82) is 5.26 Å². The van der Waals surface area contributed by atoms with E-state index in [2.05, 4.69) is 0 Å². The average Bonchev–Trinajstić information content (AvgIpc) is 2.27. The fourth-order valence-electron chi connectivity index (χ4n) is 1.33. The van der Waals surface area contributed by atoms with Gasteiger partial charge in [-0.25, -0.2) is 0 Å². The van der Waals surface area contributed by atoms with Crippen molar-refractivity contribution < 1.29 is 9.53 Å². The van der Waals surface area contributed by atoms with Crippen LogP contribution in [0.5, 0.6) is 5.75 Å². The predicted molar refractivity (Wildman–Crippen MR) is 50.7 cm³/mol. The Labute approximate surface area is 81.2 Å². The summed E-state index contributed by atoms with van der Waals surface area (Å²) in [6, 6.07) is 7.18. The molecule has 1 aromatic carbocycles. The van der Waals surface area contributed by atoms with Crippen molar-refractivity contribution in [3.05, 3.63) is 34.9 Å². The van der Waals surface area contributed by atoms with E-state index in [1.54, 1.807) is 24.3 Å². The van der Waals surface area contributed by atoms with E-state index in [0.717, 1.165) is 17.6 Å². The Bertz CT molecular complexity index is 455. The van der Waals surface area contributed by atoms with Crippen molar-refractivity contribution in [2.75, 3.05) is 6.61 Å². The highest BCUT2D eigenvalue weighted by molar-refractivity contribution is 5.84. The van der Waals surface area contributed by atoms with E-state index in [0.29, 0.717) is 17.7 Å². The molecule has 3 heteroatoms. The van der Waals surface area contributed by atoms with Crippen LogP contribution < -0.4 is 4.74 Å². The van der Waals surface area contributed by atoms with Crippen LogP contribution in [0, 0.1) is 11.3 Å². The summed E-state index contributed by atoms with van der Waals surface area (Å²) in [7, 11) is 0. The van der Waals surface area contributed by atoms with Gasteiger partial charge in [0.15, 0.2) is 0 Å². The molecular formula is C11H7NO2. The third-order valence-electron chi connectivity index (χ3n) is 2.03. The predicted octanol–water partition coefficient (Wildman–Crippen LogP) is 1.53. The molecule has 14 heavy (non-hydrogen) atoms. The van der Waals surface area contributed by atoms with Crippen LogP contribution in [0.25, 0.3) is 6.08 Å². The largest absolute Gasteiger partial charge is 0.488 e. The van der Waals surface area contributed by atoms with Crippen LogP contribution in [0.4, 0.5) is 0 Å². The second-order valence-electron chi connectivity index (χ2n) is 2.99. The maximum atomic E-state index is 10.5. The summed E-state index contributed by atoms with van der Waals surface area (Å²) in [6.45, 7) is 0.308. The molecule has 2 rings (SSSR count). The lowest BCUT2D eigenvalue weighted by molar-refractivity contribution is -0.105. The number of hydrogen-bond acceptors (Lipinski definition) is 3. The fourth-order valence-corrected chi connectivity index (χ4v) is 1.33. The van der Waals surface area contributed by atoms with Gasteiger partial charge in [0.2, 0.25) is 0 Å². The summed E-state index contributed by atoms with van der Waals surface area (Å²) in [6.07, 6.45) is 2.51. The Morgan fingerprint density at radius 3 is 3.07 bits per heavy atom. The lowest BCUT2D eigenvalue weighted by Crippen LogP contribution is -2.07. The van der Waals surface area contributed by atoms with E-state index in [-0.39, 0.29) is 0 Å². The molecule has 1 aliphatic rings. The van der Waals surface area contributed by atoms with Gasteiger partial charge in [-0.2, -0.15) is 5.26 Å². The highest BCUT2D eigenvalue weighted by atomic mass is 16.5. The highest BCUT2D eigenvalue weighted by Crippen LogP contribution is 2.26. The Balaban J connectivity index is 2.51. The molecule has 0 atom stereocenters. The van der Waals surface area contributed by atoms with Gasteiger partial charge in [-0.05, 0) is 24.3 Å². The molecular weight excluding hydrogens is 178 g/mol. The number of ether oxygens (including phenoxy) is 1. The van der Waals surface area contributed by atoms with Gasteiger partial charge in [-0.3, -0.25) is 4.79 Å². The Hall–Kier alpha value is -2.08. The molecule has 1 heterocycles. The first-order valence-electron chi connectivity index (χ1n) is 4.16. The lowest BCUT2D eigenvalue weighted by atomic mass is 10.1. The highest BCUT2D eigenvalue weighted by Gasteiger charge is 2.10. The first-order chi connectivity index (χ1) is 6.83. The summed E-state index contributed by atoms with van der Waals surface area (Å²) < 4.78 is 5.32. The molecule has 68 valence electrons. The van der Waals surface area contributed by atoms with Crippen LogP contribution in [0.1, 0.15) is 11.1 Å². The molecule has 0 bridgehead atoms. The summed E-state index contributed by atoms with van der Waals surface area (Å²) in [5.41, 5.74) is 1.95. The molecule has 0 spiro atoms. The molecule has 1 aliphatic heterocycles. The molecule has 1 aromatic rings. The maximum absolute atomic E-state index is 10.5. The van der Waals surface area contributed by atoms with E-state index < -0.39 is 0 Å². The molecule has 0 fully saturated rings. The van der Waals surface area contributed by atoms with Crippen molar-refractivity contribution in [3.8, 4) is 11.8 Å². The maximum Gasteiger partial charge on any atom is 0.149 e.